The lowest BCUT2D eigenvalue weighted by Gasteiger charge is -2.11. The average Bonchev–Trinajstić information content (AvgIpc) is 2.43. The van der Waals surface area contributed by atoms with E-state index in [0.29, 0.717) is 5.82 Å². The van der Waals surface area contributed by atoms with Gasteiger partial charge in [-0.3, -0.25) is 0 Å². The van der Waals surface area contributed by atoms with Crippen molar-refractivity contribution in [2.75, 3.05) is 5.73 Å². The van der Waals surface area contributed by atoms with E-state index < -0.39 is 0 Å². The zero-order chi connectivity index (χ0) is 13.8. The molecule has 4 heteroatoms. The normalized spacial score (nSPS) is 10.7. The highest BCUT2D eigenvalue weighted by molar-refractivity contribution is 9.10. The summed E-state index contributed by atoms with van der Waals surface area (Å²) in [4.78, 5) is 9.08. The fourth-order valence-corrected chi connectivity index (χ4v) is 2.46. The van der Waals surface area contributed by atoms with Crippen molar-refractivity contribution >= 4 is 21.7 Å². The minimum absolute atomic E-state index is 0.513. The fraction of sp³-hybridized carbons (Fsp3) is 0.333. The van der Waals surface area contributed by atoms with Crippen LogP contribution in [0, 0.1) is 0 Å². The van der Waals surface area contributed by atoms with Gasteiger partial charge in [-0.05, 0) is 34.3 Å². The van der Waals surface area contributed by atoms with E-state index in [1.165, 1.54) is 5.56 Å². The Bertz CT molecular complexity index is 582. The van der Waals surface area contributed by atoms with Gasteiger partial charge in [0.05, 0.1) is 10.2 Å². The first-order valence-corrected chi connectivity index (χ1v) is 7.36. The first-order chi connectivity index (χ1) is 9.17. The highest BCUT2D eigenvalue weighted by atomic mass is 79.9. The van der Waals surface area contributed by atoms with E-state index in [-0.39, 0.29) is 0 Å². The van der Waals surface area contributed by atoms with Gasteiger partial charge in [-0.25, -0.2) is 9.97 Å². The molecule has 0 aliphatic rings. The highest BCUT2D eigenvalue weighted by Crippen LogP contribution is 2.27. The molecule has 0 bridgehead atoms. The van der Waals surface area contributed by atoms with Crippen molar-refractivity contribution < 1.29 is 0 Å². The Morgan fingerprint density at radius 3 is 2.58 bits per heavy atom. The van der Waals surface area contributed by atoms with Gasteiger partial charge in [0.2, 0.25) is 0 Å². The highest BCUT2D eigenvalue weighted by Gasteiger charge is 2.12. The zero-order valence-electron chi connectivity index (χ0n) is 11.3. The summed E-state index contributed by atoms with van der Waals surface area (Å²) in [6.45, 7) is 4.26. The molecule has 1 aromatic carbocycles. The number of rotatable bonds is 4. The number of nitrogens with zero attached hydrogens (tertiary/aromatic N) is 2. The quantitative estimate of drug-likeness (QED) is 0.926. The molecule has 0 atom stereocenters. The van der Waals surface area contributed by atoms with Crippen LogP contribution in [0.25, 0.3) is 11.4 Å². The molecule has 0 radical (unpaired) electrons. The molecule has 2 aromatic rings. The summed E-state index contributed by atoms with van der Waals surface area (Å²) in [5, 5.41) is 0. The topological polar surface area (TPSA) is 51.8 Å². The van der Waals surface area contributed by atoms with Crippen LogP contribution in [-0.4, -0.2) is 9.97 Å². The number of aryl methyl sites for hydroxylation is 2. The van der Waals surface area contributed by atoms with Crippen LogP contribution in [0.3, 0.4) is 0 Å². The summed E-state index contributed by atoms with van der Waals surface area (Å²) in [6.07, 6.45) is 2.89. The lowest BCUT2D eigenvalue weighted by Crippen LogP contribution is -2.04. The largest absolute Gasteiger partial charge is 0.383 e. The third-order valence-electron chi connectivity index (χ3n) is 3.07. The van der Waals surface area contributed by atoms with Gasteiger partial charge >= 0.3 is 0 Å². The summed E-state index contributed by atoms with van der Waals surface area (Å²) in [5.41, 5.74) is 9.28. The molecule has 0 aliphatic carbocycles. The van der Waals surface area contributed by atoms with Crippen molar-refractivity contribution in [3.05, 3.63) is 40.0 Å². The molecule has 2 rings (SSSR count). The fourth-order valence-electron chi connectivity index (χ4n) is 2.08. The third-order valence-corrected chi connectivity index (χ3v) is 3.94. The minimum atomic E-state index is 0.513. The molecule has 0 saturated carbocycles. The van der Waals surface area contributed by atoms with Crippen molar-refractivity contribution in [1.82, 2.24) is 9.97 Å². The van der Waals surface area contributed by atoms with Crippen molar-refractivity contribution in [1.29, 1.82) is 0 Å². The van der Waals surface area contributed by atoms with Gasteiger partial charge < -0.3 is 5.73 Å². The van der Waals surface area contributed by atoms with Gasteiger partial charge in [0.15, 0.2) is 5.82 Å². The van der Waals surface area contributed by atoms with Gasteiger partial charge in [0.1, 0.15) is 5.82 Å². The third kappa shape index (κ3) is 2.95. The van der Waals surface area contributed by atoms with E-state index >= 15 is 0 Å². The van der Waals surface area contributed by atoms with E-state index in [1.807, 2.05) is 12.1 Å². The predicted molar refractivity (Wildman–Crippen MR) is 83.0 cm³/mol. The number of nitrogens with two attached hydrogens (primary N) is 1. The second-order valence-electron chi connectivity index (χ2n) is 4.45. The number of hydrogen-bond donors (Lipinski definition) is 1. The van der Waals surface area contributed by atoms with Crippen LogP contribution in [-0.2, 0) is 12.8 Å². The molecule has 0 saturated heterocycles. The van der Waals surface area contributed by atoms with Crippen molar-refractivity contribution in [3.63, 3.8) is 0 Å². The van der Waals surface area contributed by atoms with Crippen LogP contribution in [0.5, 0.6) is 0 Å². The molecule has 0 spiro atoms. The first kappa shape index (κ1) is 14.0. The molecule has 2 N–H and O–H groups in total. The van der Waals surface area contributed by atoms with Crippen LogP contribution in [0.4, 0.5) is 5.82 Å². The lowest BCUT2D eigenvalue weighted by molar-refractivity contribution is 0.869. The van der Waals surface area contributed by atoms with E-state index in [0.717, 1.165) is 40.8 Å². The molecule has 1 aromatic heterocycles. The summed E-state index contributed by atoms with van der Waals surface area (Å²) in [7, 11) is 0. The molecule has 0 unspecified atom stereocenters. The molecule has 0 aliphatic heterocycles. The predicted octanol–water partition coefficient (Wildman–Crippen LogP) is 4.00. The number of hydrogen-bond acceptors (Lipinski definition) is 3. The van der Waals surface area contributed by atoms with Crippen LogP contribution >= 0.6 is 15.9 Å². The van der Waals surface area contributed by atoms with Crippen molar-refractivity contribution in [2.24, 2.45) is 0 Å². The summed E-state index contributed by atoms with van der Waals surface area (Å²) in [6, 6.07) is 8.21. The summed E-state index contributed by atoms with van der Waals surface area (Å²) >= 11 is 3.47. The average molecular weight is 320 g/mol. The van der Waals surface area contributed by atoms with Crippen molar-refractivity contribution in [2.45, 2.75) is 33.1 Å². The Balaban J connectivity index is 2.56. The van der Waals surface area contributed by atoms with Gasteiger partial charge in [-0.2, -0.15) is 0 Å². The molecule has 0 fully saturated rings. The van der Waals surface area contributed by atoms with E-state index in [2.05, 4.69) is 51.9 Å². The standard InChI is InChI=1S/C15H18BrN3/c1-3-7-12-13(16)14(17)19-15(18-12)11-9-6-5-8-10(11)4-2/h5-6,8-9H,3-4,7H2,1-2H3,(H2,17,18,19). The van der Waals surface area contributed by atoms with Crippen molar-refractivity contribution in [3.8, 4) is 11.4 Å². The molecule has 19 heavy (non-hydrogen) atoms. The van der Waals surface area contributed by atoms with Gasteiger partial charge in [0, 0.05) is 5.56 Å². The Kier molecular flexibility index (Phi) is 4.53. The Hall–Kier alpha value is -1.42. The Morgan fingerprint density at radius 1 is 1.16 bits per heavy atom. The molecular weight excluding hydrogens is 302 g/mol. The number of benzene rings is 1. The van der Waals surface area contributed by atoms with Crippen LogP contribution in [0.1, 0.15) is 31.5 Å². The number of nitrogen functional groups attached to an aromatic ring is 1. The van der Waals surface area contributed by atoms with E-state index in [4.69, 9.17) is 5.73 Å². The molecule has 100 valence electrons. The van der Waals surface area contributed by atoms with Crippen LogP contribution in [0.15, 0.2) is 28.7 Å². The molecule has 1 heterocycles. The summed E-state index contributed by atoms with van der Waals surface area (Å²) < 4.78 is 0.826. The van der Waals surface area contributed by atoms with Gasteiger partial charge in [-0.1, -0.05) is 44.5 Å². The van der Waals surface area contributed by atoms with Crippen LogP contribution in [0.2, 0.25) is 0 Å². The Morgan fingerprint density at radius 2 is 1.89 bits per heavy atom. The zero-order valence-corrected chi connectivity index (χ0v) is 12.9. The van der Waals surface area contributed by atoms with Gasteiger partial charge in [-0.15, -0.1) is 0 Å². The first-order valence-electron chi connectivity index (χ1n) is 6.57. The summed E-state index contributed by atoms with van der Waals surface area (Å²) in [5.74, 6) is 1.24. The van der Waals surface area contributed by atoms with Gasteiger partial charge in [0.25, 0.3) is 0 Å². The molecule has 3 nitrogen and oxygen atoms in total. The number of halogens is 1. The second kappa shape index (κ2) is 6.15. The molecular formula is C15H18BrN3. The smallest absolute Gasteiger partial charge is 0.162 e. The Labute approximate surface area is 122 Å². The minimum Gasteiger partial charge on any atom is -0.383 e. The number of anilines is 1. The lowest BCUT2D eigenvalue weighted by atomic mass is 10.0. The van der Waals surface area contributed by atoms with E-state index in [9.17, 15) is 0 Å². The van der Waals surface area contributed by atoms with E-state index in [1.54, 1.807) is 0 Å². The number of aromatic nitrogens is 2. The second-order valence-corrected chi connectivity index (χ2v) is 5.25. The van der Waals surface area contributed by atoms with Crippen LogP contribution < -0.4 is 5.73 Å². The maximum Gasteiger partial charge on any atom is 0.162 e. The molecule has 0 amide bonds. The maximum atomic E-state index is 5.98. The maximum absolute atomic E-state index is 5.98. The SMILES string of the molecule is CCCc1nc(-c2ccccc2CC)nc(N)c1Br. The monoisotopic (exact) mass is 319 g/mol.